The molecule has 2 aromatic heterocycles. The van der Waals surface area contributed by atoms with E-state index in [1.54, 1.807) is 36.5 Å². The Labute approximate surface area is 151 Å². The van der Waals surface area contributed by atoms with E-state index in [9.17, 15) is 8.42 Å². The lowest BCUT2D eigenvalue weighted by molar-refractivity contribution is 0.602. The normalized spacial score (nSPS) is 11.5. The van der Waals surface area contributed by atoms with Crippen LogP contribution in [0.4, 0.5) is 5.82 Å². The van der Waals surface area contributed by atoms with E-state index in [2.05, 4.69) is 9.97 Å². The molecule has 2 heterocycles. The van der Waals surface area contributed by atoms with E-state index in [4.69, 9.17) is 17.3 Å². The molecule has 7 heteroatoms. The molecule has 128 valence electrons. The van der Waals surface area contributed by atoms with Crippen LogP contribution in [0.25, 0.3) is 22.4 Å². The third-order valence-corrected chi connectivity index (χ3v) is 5.21. The number of anilines is 1. The van der Waals surface area contributed by atoms with Crippen molar-refractivity contribution in [2.45, 2.75) is 11.8 Å². The minimum atomic E-state index is -3.26. The van der Waals surface area contributed by atoms with Gasteiger partial charge in [-0.25, -0.2) is 13.4 Å². The van der Waals surface area contributed by atoms with Gasteiger partial charge in [-0.3, -0.25) is 4.98 Å². The number of hydrogen-bond donors (Lipinski definition) is 1. The summed E-state index contributed by atoms with van der Waals surface area (Å²) in [6, 6.07) is 12.1. The van der Waals surface area contributed by atoms with E-state index < -0.39 is 9.84 Å². The van der Waals surface area contributed by atoms with Gasteiger partial charge in [0.1, 0.15) is 5.82 Å². The van der Waals surface area contributed by atoms with E-state index in [1.807, 2.05) is 19.1 Å². The number of nitrogens with zero attached hydrogens (tertiary/aromatic N) is 2. The second-order valence-corrected chi connectivity index (χ2v) is 8.16. The maximum absolute atomic E-state index is 11.6. The van der Waals surface area contributed by atoms with Gasteiger partial charge in [0.05, 0.1) is 15.6 Å². The molecule has 0 bridgehead atoms. The van der Waals surface area contributed by atoms with Crippen molar-refractivity contribution in [2.24, 2.45) is 0 Å². The van der Waals surface area contributed by atoms with Gasteiger partial charge >= 0.3 is 0 Å². The zero-order valence-electron chi connectivity index (χ0n) is 13.7. The fraction of sp³-hybridized carbons (Fsp3) is 0.111. The average molecular weight is 374 g/mol. The Kier molecular flexibility index (Phi) is 4.49. The summed E-state index contributed by atoms with van der Waals surface area (Å²) in [5.41, 5.74) is 9.75. The highest BCUT2D eigenvalue weighted by atomic mass is 35.5. The van der Waals surface area contributed by atoms with Crippen LogP contribution in [-0.2, 0) is 9.84 Å². The van der Waals surface area contributed by atoms with E-state index in [0.717, 1.165) is 22.4 Å². The summed E-state index contributed by atoms with van der Waals surface area (Å²) in [5, 5.41) is 0.339. The average Bonchev–Trinajstić information content (AvgIpc) is 2.57. The first-order valence-electron chi connectivity index (χ1n) is 7.45. The second-order valence-electron chi connectivity index (χ2n) is 5.74. The van der Waals surface area contributed by atoms with Crippen LogP contribution in [0.5, 0.6) is 0 Å². The molecule has 3 rings (SSSR count). The van der Waals surface area contributed by atoms with Crippen LogP contribution in [0.1, 0.15) is 5.69 Å². The Morgan fingerprint density at radius 3 is 2.24 bits per heavy atom. The highest BCUT2D eigenvalue weighted by molar-refractivity contribution is 7.90. The van der Waals surface area contributed by atoms with Gasteiger partial charge in [0.2, 0.25) is 0 Å². The van der Waals surface area contributed by atoms with Crippen molar-refractivity contribution in [2.75, 3.05) is 12.0 Å². The van der Waals surface area contributed by atoms with E-state index in [-0.39, 0.29) is 10.7 Å². The van der Waals surface area contributed by atoms with Gasteiger partial charge < -0.3 is 5.73 Å². The molecule has 0 aliphatic carbocycles. The topological polar surface area (TPSA) is 85.9 Å². The highest BCUT2D eigenvalue weighted by Crippen LogP contribution is 2.35. The number of aromatic nitrogens is 2. The predicted octanol–water partition coefficient (Wildman–Crippen LogP) is 3.76. The van der Waals surface area contributed by atoms with Gasteiger partial charge in [-0.1, -0.05) is 23.7 Å². The minimum Gasteiger partial charge on any atom is -0.382 e. The zero-order valence-corrected chi connectivity index (χ0v) is 15.3. The van der Waals surface area contributed by atoms with E-state index >= 15 is 0 Å². The lowest BCUT2D eigenvalue weighted by Crippen LogP contribution is -1.99. The summed E-state index contributed by atoms with van der Waals surface area (Å²) in [7, 11) is -3.26. The lowest BCUT2D eigenvalue weighted by Gasteiger charge is -2.12. The SMILES string of the molecule is Cc1ccc(-c2nc(N)c(Cl)cc2-c2ccc(S(C)(=O)=O)cc2)cn1. The molecule has 0 radical (unpaired) electrons. The van der Waals surface area contributed by atoms with E-state index in [1.165, 1.54) is 6.26 Å². The van der Waals surface area contributed by atoms with Crippen molar-refractivity contribution >= 4 is 27.3 Å². The van der Waals surface area contributed by atoms with Gasteiger partial charge in [0.25, 0.3) is 0 Å². The number of aryl methyl sites for hydroxylation is 1. The highest BCUT2D eigenvalue weighted by Gasteiger charge is 2.14. The maximum Gasteiger partial charge on any atom is 0.175 e. The van der Waals surface area contributed by atoms with Crippen molar-refractivity contribution in [3.63, 3.8) is 0 Å². The van der Waals surface area contributed by atoms with Gasteiger partial charge in [-0.15, -0.1) is 0 Å². The molecule has 0 saturated heterocycles. The quantitative estimate of drug-likeness (QED) is 0.755. The number of pyridine rings is 2. The molecule has 1 aromatic carbocycles. The Bertz CT molecular complexity index is 1030. The molecular formula is C18H16ClN3O2S. The molecule has 2 N–H and O–H groups in total. The lowest BCUT2D eigenvalue weighted by atomic mass is 10.00. The minimum absolute atomic E-state index is 0.230. The Hall–Kier alpha value is -2.44. The molecule has 0 atom stereocenters. The first-order valence-corrected chi connectivity index (χ1v) is 9.72. The number of hydrogen-bond acceptors (Lipinski definition) is 5. The molecule has 0 spiro atoms. The molecular weight excluding hydrogens is 358 g/mol. The first-order chi connectivity index (χ1) is 11.8. The second kappa shape index (κ2) is 6.46. The molecule has 0 amide bonds. The van der Waals surface area contributed by atoms with Crippen LogP contribution in [0.3, 0.4) is 0 Å². The van der Waals surface area contributed by atoms with Crippen molar-refractivity contribution in [3.8, 4) is 22.4 Å². The van der Waals surface area contributed by atoms with Crippen molar-refractivity contribution in [1.82, 2.24) is 9.97 Å². The van der Waals surface area contributed by atoms with Gasteiger partial charge in [-0.05, 0) is 42.8 Å². The fourth-order valence-corrected chi connectivity index (χ4v) is 3.21. The molecule has 0 aliphatic heterocycles. The summed E-state index contributed by atoms with van der Waals surface area (Å²) in [4.78, 5) is 8.96. The summed E-state index contributed by atoms with van der Waals surface area (Å²) in [5.74, 6) is 0.230. The summed E-state index contributed by atoms with van der Waals surface area (Å²) < 4.78 is 23.3. The van der Waals surface area contributed by atoms with Crippen LogP contribution >= 0.6 is 11.6 Å². The monoisotopic (exact) mass is 373 g/mol. The molecule has 0 aliphatic rings. The standard InChI is InChI=1S/C18H16ClN3O2S/c1-11-3-4-13(10-21-11)17-15(9-16(19)18(20)22-17)12-5-7-14(8-6-12)25(2,23)24/h3-10H,1-2H3,(H2,20,22). The Balaban J connectivity index is 2.18. The first kappa shape index (κ1) is 17.4. The third-order valence-electron chi connectivity index (χ3n) is 3.78. The van der Waals surface area contributed by atoms with Gasteiger partial charge in [0, 0.05) is 29.3 Å². The number of nitrogens with two attached hydrogens (primary N) is 1. The van der Waals surface area contributed by atoms with Crippen LogP contribution in [-0.4, -0.2) is 24.6 Å². The molecule has 25 heavy (non-hydrogen) atoms. The van der Waals surface area contributed by atoms with Crippen LogP contribution in [0, 0.1) is 6.92 Å². The summed E-state index contributed by atoms with van der Waals surface area (Å²) >= 11 is 6.15. The number of halogens is 1. The maximum atomic E-state index is 11.6. The predicted molar refractivity (Wildman–Crippen MR) is 100 cm³/mol. The van der Waals surface area contributed by atoms with Crippen molar-refractivity contribution < 1.29 is 8.42 Å². The number of rotatable bonds is 3. The Morgan fingerprint density at radius 2 is 1.68 bits per heavy atom. The Morgan fingerprint density at radius 1 is 1.04 bits per heavy atom. The smallest absolute Gasteiger partial charge is 0.175 e. The number of sulfone groups is 1. The molecule has 0 fully saturated rings. The van der Waals surface area contributed by atoms with Crippen molar-refractivity contribution in [3.05, 3.63) is 59.4 Å². The summed E-state index contributed by atoms with van der Waals surface area (Å²) in [6.07, 6.45) is 2.90. The zero-order chi connectivity index (χ0) is 18.2. The largest absolute Gasteiger partial charge is 0.382 e. The molecule has 0 saturated carbocycles. The third kappa shape index (κ3) is 3.65. The van der Waals surface area contributed by atoms with Gasteiger partial charge in [-0.2, -0.15) is 0 Å². The van der Waals surface area contributed by atoms with E-state index in [0.29, 0.717) is 10.7 Å². The van der Waals surface area contributed by atoms with Crippen molar-refractivity contribution in [1.29, 1.82) is 0 Å². The molecule has 5 nitrogen and oxygen atoms in total. The van der Waals surface area contributed by atoms with Crippen LogP contribution in [0.15, 0.2) is 53.6 Å². The fourth-order valence-electron chi connectivity index (χ4n) is 2.43. The van der Waals surface area contributed by atoms with Gasteiger partial charge in [0.15, 0.2) is 9.84 Å². The number of nitrogen functional groups attached to an aromatic ring is 1. The van der Waals surface area contributed by atoms with Crippen LogP contribution < -0.4 is 5.73 Å². The van der Waals surface area contributed by atoms with Crippen LogP contribution in [0.2, 0.25) is 5.02 Å². The summed E-state index contributed by atoms with van der Waals surface area (Å²) in [6.45, 7) is 1.90. The number of benzene rings is 1. The molecule has 0 unspecified atom stereocenters. The molecule has 3 aromatic rings.